The second kappa shape index (κ2) is 8.44. The number of hydrogen-bond donors (Lipinski definition) is 2. The average molecular weight is 491 g/mol. The molecular weight excluding hydrogens is 474 g/mol. The van der Waals surface area contributed by atoms with E-state index in [1.807, 2.05) is 18.2 Å². The Balaban J connectivity index is 2.40. The highest BCUT2D eigenvalue weighted by Gasteiger charge is 2.32. The quantitative estimate of drug-likeness (QED) is 0.562. The van der Waals surface area contributed by atoms with Gasteiger partial charge in [-0.15, -0.1) is 0 Å². The lowest BCUT2D eigenvalue weighted by Gasteiger charge is -2.29. The van der Waals surface area contributed by atoms with Gasteiger partial charge in [-0.2, -0.15) is 0 Å². The number of anilines is 1. The van der Waals surface area contributed by atoms with E-state index >= 15 is 0 Å². The molecule has 0 amide bonds. The molecule has 5 nitrogen and oxygen atoms in total. The number of aliphatic carboxylic acids is 1. The molecule has 0 saturated carbocycles. The fourth-order valence-corrected chi connectivity index (χ4v) is 3.94. The molecule has 0 spiro atoms. The molecule has 2 aromatic rings. The van der Waals surface area contributed by atoms with E-state index < -0.39 is 23.3 Å². The van der Waals surface area contributed by atoms with E-state index in [4.69, 9.17) is 0 Å². The minimum Gasteiger partial charge on any atom is -0.480 e. The maximum absolute atomic E-state index is 11.7. The molecule has 2 atom stereocenters. The molecule has 134 valence electrons. The van der Waals surface area contributed by atoms with Crippen molar-refractivity contribution in [1.29, 1.82) is 0 Å². The zero-order valence-corrected chi connectivity index (χ0v) is 17.5. The minimum atomic E-state index is -2.44. The summed E-state index contributed by atoms with van der Waals surface area (Å²) in [7, 11) is 0. The van der Waals surface area contributed by atoms with Crippen LogP contribution in [-0.4, -0.2) is 25.9 Å². The van der Waals surface area contributed by atoms with Crippen LogP contribution >= 0.6 is 31.9 Å². The summed E-state index contributed by atoms with van der Waals surface area (Å²) in [5.41, 5.74) is 2.26. The van der Waals surface area contributed by atoms with Gasteiger partial charge in [0.25, 0.3) is 11.3 Å². The molecule has 0 saturated heterocycles. The van der Waals surface area contributed by atoms with E-state index in [2.05, 4.69) is 31.9 Å². The van der Waals surface area contributed by atoms with Crippen LogP contribution in [0.1, 0.15) is 13.8 Å². The first-order chi connectivity index (χ1) is 11.7. The van der Waals surface area contributed by atoms with Crippen molar-refractivity contribution in [2.75, 3.05) is 4.31 Å². The van der Waals surface area contributed by atoms with Gasteiger partial charge in [-0.05, 0) is 73.2 Å². The lowest BCUT2D eigenvalue weighted by molar-refractivity contribution is -0.139. The Kier molecular flexibility index (Phi) is 6.79. The van der Waals surface area contributed by atoms with Gasteiger partial charge in [0.2, 0.25) is 0 Å². The molecule has 0 aliphatic carbocycles. The molecule has 2 N–H and O–H groups in total. The molecule has 0 heterocycles. The lowest BCUT2D eigenvalue weighted by atomic mass is 10.0. The third kappa shape index (κ3) is 4.69. The average Bonchev–Trinajstić information content (AvgIpc) is 2.54. The first-order valence-corrected chi connectivity index (χ1v) is 10.1. The van der Waals surface area contributed by atoms with Crippen molar-refractivity contribution >= 4 is 54.8 Å². The zero-order valence-electron chi connectivity index (χ0n) is 13.5. The normalized spacial score (nSPS) is 13.5. The van der Waals surface area contributed by atoms with Gasteiger partial charge in [0.15, 0.2) is 0 Å². The van der Waals surface area contributed by atoms with Crippen molar-refractivity contribution < 1.29 is 18.7 Å². The van der Waals surface area contributed by atoms with E-state index in [0.29, 0.717) is 5.69 Å². The summed E-state index contributed by atoms with van der Waals surface area (Å²) >= 11 is 4.43. The number of carboxylic acid groups (broad SMARTS) is 1. The monoisotopic (exact) mass is 489 g/mol. The van der Waals surface area contributed by atoms with Gasteiger partial charge in [-0.1, -0.05) is 32.0 Å². The molecule has 2 unspecified atom stereocenters. The van der Waals surface area contributed by atoms with Crippen molar-refractivity contribution in [1.82, 2.24) is 0 Å². The maximum atomic E-state index is 11.7. The van der Waals surface area contributed by atoms with Crippen LogP contribution in [0.15, 0.2) is 51.4 Å². The summed E-state index contributed by atoms with van der Waals surface area (Å²) in [6, 6.07) is 11.6. The molecule has 0 aromatic heterocycles. The second-order valence-corrected chi connectivity index (χ2v) is 8.32. The van der Waals surface area contributed by atoms with E-state index in [0.717, 1.165) is 24.4 Å². The van der Waals surface area contributed by atoms with Gasteiger partial charge in [0.05, 0.1) is 5.69 Å². The third-order valence-electron chi connectivity index (χ3n) is 3.68. The van der Waals surface area contributed by atoms with Crippen molar-refractivity contribution in [3.8, 4) is 11.1 Å². The van der Waals surface area contributed by atoms with Crippen LogP contribution in [-0.2, 0) is 16.1 Å². The number of hydrogen-bond acceptors (Lipinski definition) is 2. The molecule has 0 aliphatic rings. The van der Waals surface area contributed by atoms with Gasteiger partial charge in [-0.3, -0.25) is 8.86 Å². The van der Waals surface area contributed by atoms with Gasteiger partial charge in [0, 0.05) is 8.95 Å². The van der Waals surface area contributed by atoms with Gasteiger partial charge >= 0.3 is 5.97 Å². The second-order valence-electron chi connectivity index (χ2n) is 5.76. The zero-order chi connectivity index (χ0) is 18.7. The largest absolute Gasteiger partial charge is 0.480 e. The fraction of sp³-hybridized carbons (Fsp3) is 0.235. The number of halogens is 2. The Bertz CT molecular complexity index is 796. The van der Waals surface area contributed by atoms with Crippen LogP contribution in [0.4, 0.5) is 5.69 Å². The highest BCUT2D eigenvalue weighted by Crippen LogP contribution is 2.31. The summed E-state index contributed by atoms with van der Waals surface area (Å²) in [6.45, 7) is 3.40. The number of carboxylic acids is 1. The van der Waals surface area contributed by atoms with E-state index in [1.165, 1.54) is 0 Å². The SMILES string of the molecule is CC(C)C(C(=O)O)N(c1ccc(-c2ccc(Br)c(Br)c2)cc1)S(=O)O. The fourth-order valence-electron chi connectivity index (χ4n) is 2.48. The smallest absolute Gasteiger partial charge is 0.327 e. The molecule has 0 fully saturated rings. The van der Waals surface area contributed by atoms with Crippen LogP contribution in [0.3, 0.4) is 0 Å². The van der Waals surface area contributed by atoms with Crippen molar-refractivity contribution in [2.24, 2.45) is 5.92 Å². The van der Waals surface area contributed by atoms with Crippen molar-refractivity contribution in [3.63, 3.8) is 0 Å². The van der Waals surface area contributed by atoms with E-state index in [9.17, 15) is 18.7 Å². The highest BCUT2D eigenvalue weighted by atomic mass is 79.9. The molecule has 25 heavy (non-hydrogen) atoms. The van der Waals surface area contributed by atoms with E-state index in [1.54, 1.807) is 38.1 Å². The molecule has 0 aliphatic heterocycles. The number of nitrogens with zero attached hydrogens (tertiary/aromatic N) is 1. The Morgan fingerprint density at radius 1 is 1.04 bits per heavy atom. The van der Waals surface area contributed by atoms with Gasteiger partial charge in [-0.25, -0.2) is 9.00 Å². The Labute approximate surface area is 165 Å². The molecule has 8 heteroatoms. The molecule has 2 rings (SSSR count). The first-order valence-electron chi connectivity index (χ1n) is 7.41. The lowest BCUT2D eigenvalue weighted by Crippen LogP contribution is -2.45. The Morgan fingerprint density at radius 3 is 2.04 bits per heavy atom. The number of rotatable bonds is 6. The van der Waals surface area contributed by atoms with Crippen LogP contribution < -0.4 is 4.31 Å². The van der Waals surface area contributed by atoms with Gasteiger partial charge < -0.3 is 5.11 Å². The van der Waals surface area contributed by atoms with Crippen LogP contribution in [0.5, 0.6) is 0 Å². The summed E-state index contributed by atoms with van der Waals surface area (Å²) in [4.78, 5) is 11.5. The van der Waals surface area contributed by atoms with Crippen LogP contribution in [0.25, 0.3) is 11.1 Å². The van der Waals surface area contributed by atoms with Crippen molar-refractivity contribution in [2.45, 2.75) is 19.9 Å². The molecule has 0 bridgehead atoms. The first kappa shape index (κ1) is 20.1. The Hall–Kier alpha value is -1.22. The third-order valence-corrected chi connectivity index (χ3v) is 6.33. The van der Waals surface area contributed by atoms with Gasteiger partial charge in [0.1, 0.15) is 6.04 Å². The van der Waals surface area contributed by atoms with Crippen molar-refractivity contribution in [3.05, 3.63) is 51.4 Å². The summed E-state index contributed by atoms with van der Waals surface area (Å²) < 4.78 is 24.2. The number of benzene rings is 2. The summed E-state index contributed by atoms with van der Waals surface area (Å²) in [5, 5.41) is 9.42. The van der Waals surface area contributed by atoms with Crippen LogP contribution in [0, 0.1) is 5.92 Å². The standard InChI is InChI=1S/C17H17Br2NO4S/c1-10(2)16(17(21)22)20(25(23)24)13-6-3-11(4-7-13)12-5-8-14(18)15(19)9-12/h3-10,16H,1-2H3,(H,21,22)(H,23,24). The molecule has 2 aromatic carbocycles. The highest BCUT2D eigenvalue weighted by molar-refractivity contribution is 9.13. The topological polar surface area (TPSA) is 77.8 Å². The molecular formula is C17H17Br2NO4S. The maximum Gasteiger partial charge on any atom is 0.327 e. The van der Waals surface area contributed by atoms with Crippen LogP contribution in [0.2, 0.25) is 0 Å². The Morgan fingerprint density at radius 2 is 1.60 bits per heavy atom. The summed E-state index contributed by atoms with van der Waals surface area (Å²) in [5.74, 6) is -1.48. The summed E-state index contributed by atoms with van der Waals surface area (Å²) in [6.07, 6.45) is 0. The minimum absolute atomic E-state index is 0.337. The van der Waals surface area contributed by atoms with E-state index in [-0.39, 0.29) is 5.92 Å². The number of carbonyl (C=O) groups is 1. The molecule has 0 radical (unpaired) electrons. The predicted octanol–water partition coefficient (Wildman–Crippen LogP) is 4.93. The predicted molar refractivity (Wildman–Crippen MR) is 107 cm³/mol.